The van der Waals surface area contributed by atoms with Crippen LogP contribution in [0.4, 0.5) is 0 Å². The summed E-state index contributed by atoms with van der Waals surface area (Å²) in [5, 5.41) is 1.02. The first-order valence-corrected chi connectivity index (χ1v) is 8.89. The SMILES string of the molecule is Cc1nc(C(C)(C)C)sc1C(=O)N1CCCC1c1ccccn1. The lowest BCUT2D eigenvalue weighted by molar-refractivity contribution is 0.0737. The summed E-state index contributed by atoms with van der Waals surface area (Å²) in [5.74, 6) is 0.101. The van der Waals surface area contributed by atoms with Gasteiger partial charge in [-0.3, -0.25) is 9.78 Å². The van der Waals surface area contributed by atoms with Gasteiger partial charge in [0.1, 0.15) is 4.88 Å². The Bertz CT molecular complexity index is 703. The van der Waals surface area contributed by atoms with E-state index in [1.807, 2.05) is 30.0 Å². The van der Waals surface area contributed by atoms with Crippen molar-refractivity contribution in [2.75, 3.05) is 6.54 Å². The van der Waals surface area contributed by atoms with Crippen LogP contribution in [0.15, 0.2) is 24.4 Å². The molecule has 0 saturated carbocycles. The minimum atomic E-state index is -0.0284. The van der Waals surface area contributed by atoms with Crippen LogP contribution in [0.25, 0.3) is 0 Å². The quantitative estimate of drug-likeness (QED) is 0.832. The molecule has 2 aromatic heterocycles. The average Bonchev–Trinajstić information content (AvgIpc) is 3.13. The maximum atomic E-state index is 13.1. The van der Waals surface area contributed by atoms with Crippen molar-refractivity contribution in [1.82, 2.24) is 14.9 Å². The molecule has 1 unspecified atom stereocenters. The van der Waals surface area contributed by atoms with Gasteiger partial charge in [-0.05, 0) is 31.9 Å². The molecule has 0 aliphatic carbocycles. The van der Waals surface area contributed by atoms with Gasteiger partial charge in [0, 0.05) is 18.2 Å². The van der Waals surface area contributed by atoms with Crippen LogP contribution in [0, 0.1) is 6.92 Å². The van der Waals surface area contributed by atoms with Crippen molar-refractivity contribution in [3.05, 3.63) is 45.7 Å². The topological polar surface area (TPSA) is 46.1 Å². The van der Waals surface area contributed by atoms with Gasteiger partial charge in [0.05, 0.1) is 22.4 Å². The van der Waals surface area contributed by atoms with Gasteiger partial charge in [0.15, 0.2) is 0 Å². The molecule has 0 bridgehead atoms. The highest BCUT2D eigenvalue weighted by Crippen LogP contribution is 2.35. The van der Waals surface area contributed by atoms with Gasteiger partial charge in [-0.2, -0.15) is 0 Å². The van der Waals surface area contributed by atoms with Crippen LogP contribution in [0.5, 0.6) is 0 Å². The van der Waals surface area contributed by atoms with Gasteiger partial charge in [0.2, 0.25) is 0 Å². The molecule has 0 radical (unpaired) electrons. The molecule has 3 heterocycles. The summed E-state index contributed by atoms with van der Waals surface area (Å²) in [6.45, 7) is 9.12. The lowest BCUT2D eigenvalue weighted by Crippen LogP contribution is -2.30. The van der Waals surface area contributed by atoms with Crippen LogP contribution in [-0.4, -0.2) is 27.3 Å². The van der Waals surface area contributed by atoms with Crippen LogP contribution < -0.4 is 0 Å². The van der Waals surface area contributed by atoms with Gasteiger partial charge in [-0.1, -0.05) is 26.8 Å². The zero-order valence-corrected chi connectivity index (χ0v) is 15.0. The number of rotatable bonds is 2. The van der Waals surface area contributed by atoms with E-state index in [1.54, 1.807) is 6.20 Å². The second-order valence-electron chi connectivity index (χ2n) is 7.09. The van der Waals surface area contributed by atoms with E-state index in [9.17, 15) is 4.79 Å². The molecular formula is C18H23N3OS. The van der Waals surface area contributed by atoms with Crippen LogP contribution in [0.2, 0.25) is 0 Å². The Hall–Kier alpha value is -1.75. The lowest BCUT2D eigenvalue weighted by Gasteiger charge is -2.24. The molecule has 23 heavy (non-hydrogen) atoms. The number of aryl methyl sites for hydroxylation is 1. The smallest absolute Gasteiger partial charge is 0.266 e. The second kappa shape index (κ2) is 6.04. The number of pyridine rings is 1. The number of hydrogen-bond donors (Lipinski definition) is 0. The first-order valence-electron chi connectivity index (χ1n) is 8.08. The van der Waals surface area contributed by atoms with Crippen molar-refractivity contribution in [3.8, 4) is 0 Å². The van der Waals surface area contributed by atoms with Crippen molar-refractivity contribution in [2.45, 2.75) is 52.0 Å². The fourth-order valence-corrected chi connectivity index (χ4v) is 4.02. The van der Waals surface area contributed by atoms with E-state index < -0.39 is 0 Å². The van der Waals surface area contributed by atoms with E-state index in [0.29, 0.717) is 0 Å². The van der Waals surface area contributed by atoms with Crippen LogP contribution in [-0.2, 0) is 5.41 Å². The Morgan fingerprint density at radius 3 is 2.74 bits per heavy atom. The van der Waals surface area contributed by atoms with Gasteiger partial charge in [-0.25, -0.2) is 4.98 Å². The molecule has 1 atom stereocenters. The maximum Gasteiger partial charge on any atom is 0.266 e. The molecule has 3 rings (SSSR count). The number of likely N-dealkylation sites (tertiary alicyclic amines) is 1. The zero-order chi connectivity index (χ0) is 16.6. The molecular weight excluding hydrogens is 306 g/mol. The molecule has 1 amide bonds. The number of hydrogen-bond acceptors (Lipinski definition) is 4. The third-order valence-electron chi connectivity index (χ3n) is 4.18. The molecule has 5 heteroatoms. The summed E-state index contributed by atoms with van der Waals surface area (Å²) in [4.78, 5) is 24.9. The summed E-state index contributed by atoms with van der Waals surface area (Å²) >= 11 is 1.54. The molecule has 2 aromatic rings. The predicted octanol–water partition coefficient (Wildman–Crippen LogP) is 4.12. The van der Waals surface area contributed by atoms with Gasteiger partial charge in [0.25, 0.3) is 5.91 Å². The molecule has 1 fully saturated rings. The Kier molecular flexibility index (Phi) is 4.23. The van der Waals surface area contributed by atoms with Gasteiger partial charge >= 0.3 is 0 Å². The minimum Gasteiger partial charge on any atom is -0.329 e. The van der Waals surface area contributed by atoms with Crippen molar-refractivity contribution in [3.63, 3.8) is 0 Å². The Morgan fingerprint density at radius 2 is 2.13 bits per heavy atom. The van der Waals surface area contributed by atoms with Crippen LogP contribution >= 0.6 is 11.3 Å². The zero-order valence-electron chi connectivity index (χ0n) is 14.2. The summed E-state index contributed by atoms with van der Waals surface area (Å²) < 4.78 is 0. The summed E-state index contributed by atoms with van der Waals surface area (Å²) in [7, 11) is 0. The molecule has 1 aliphatic rings. The fraction of sp³-hybridized carbons (Fsp3) is 0.500. The number of aromatic nitrogens is 2. The summed E-state index contributed by atoms with van der Waals surface area (Å²) in [6.07, 6.45) is 3.80. The second-order valence-corrected chi connectivity index (χ2v) is 8.09. The first-order chi connectivity index (χ1) is 10.9. The van der Waals surface area contributed by atoms with Gasteiger partial charge < -0.3 is 4.90 Å². The average molecular weight is 329 g/mol. The maximum absolute atomic E-state index is 13.1. The Balaban J connectivity index is 1.89. The summed E-state index contributed by atoms with van der Waals surface area (Å²) in [5.41, 5.74) is 1.80. The third kappa shape index (κ3) is 3.15. The Labute approximate surface area is 141 Å². The Morgan fingerprint density at radius 1 is 1.35 bits per heavy atom. The third-order valence-corrected chi connectivity index (χ3v) is 5.75. The van der Waals surface area contributed by atoms with E-state index >= 15 is 0 Å². The highest BCUT2D eigenvalue weighted by molar-refractivity contribution is 7.14. The highest BCUT2D eigenvalue weighted by Gasteiger charge is 2.34. The molecule has 1 aliphatic heterocycles. The molecule has 4 nitrogen and oxygen atoms in total. The van der Waals surface area contributed by atoms with E-state index in [4.69, 9.17) is 0 Å². The number of thiazole rings is 1. The lowest BCUT2D eigenvalue weighted by atomic mass is 9.98. The van der Waals surface area contributed by atoms with Crippen LogP contribution in [0.1, 0.15) is 65.7 Å². The van der Waals surface area contributed by atoms with Crippen molar-refractivity contribution in [2.24, 2.45) is 0 Å². The predicted molar refractivity (Wildman–Crippen MR) is 92.8 cm³/mol. The summed E-state index contributed by atoms with van der Waals surface area (Å²) in [6, 6.07) is 5.99. The molecule has 1 saturated heterocycles. The van der Waals surface area contributed by atoms with E-state index in [2.05, 4.69) is 30.7 Å². The number of amides is 1. The van der Waals surface area contributed by atoms with Crippen molar-refractivity contribution in [1.29, 1.82) is 0 Å². The van der Waals surface area contributed by atoms with Crippen LogP contribution in [0.3, 0.4) is 0 Å². The standard InChI is InChI=1S/C18H23N3OS/c1-12-15(23-17(20-12)18(2,3)4)16(22)21-11-7-9-14(21)13-8-5-6-10-19-13/h5-6,8,10,14H,7,9,11H2,1-4H3. The largest absolute Gasteiger partial charge is 0.329 e. The minimum absolute atomic E-state index is 0.0284. The highest BCUT2D eigenvalue weighted by atomic mass is 32.1. The molecule has 0 N–H and O–H groups in total. The monoisotopic (exact) mass is 329 g/mol. The normalized spacial score (nSPS) is 18.4. The number of carbonyl (C=O) groups is 1. The van der Waals surface area contributed by atoms with Gasteiger partial charge in [-0.15, -0.1) is 11.3 Å². The first kappa shape index (κ1) is 16.1. The number of nitrogens with zero attached hydrogens (tertiary/aromatic N) is 3. The van der Waals surface area contributed by atoms with E-state index in [1.165, 1.54) is 11.3 Å². The molecule has 0 aromatic carbocycles. The molecule has 0 spiro atoms. The van der Waals surface area contributed by atoms with E-state index in [-0.39, 0.29) is 17.4 Å². The van der Waals surface area contributed by atoms with Crippen molar-refractivity contribution < 1.29 is 4.79 Å². The molecule has 122 valence electrons. The number of carbonyl (C=O) groups excluding carboxylic acids is 1. The van der Waals surface area contributed by atoms with Crippen molar-refractivity contribution >= 4 is 17.2 Å². The van der Waals surface area contributed by atoms with E-state index in [0.717, 1.165) is 40.7 Å². The fourth-order valence-electron chi connectivity index (χ4n) is 2.94.